The van der Waals surface area contributed by atoms with Crippen LogP contribution in [-0.2, 0) is 17.0 Å². The van der Waals surface area contributed by atoms with Gasteiger partial charge in [0, 0.05) is 23.6 Å². The first kappa shape index (κ1) is 20.9. The third kappa shape index (κ3) is 4.46. The molecule has 0 saturated carbocycles. The fourth-order valence-corrected chi connectivity index (χ4v) is 3.30. The lowest BCUT2D eigenvalue weighted by Crippen LogP contribution is -2.49. The van der Waals surface area contributed by atoms with Crippen LogP contribution in [0, 0.1) is 5.82 Å². The summed E-state index contributed by atoms with van der Waals surface area (Å²) in [6.45, 7) is 0.00707. The molecule has 0 saturated heterocycles. The van der Waals surface area contributed by atoms with Crippen LogP contribution >= 0.6 is 11.6 Å². The molecule has 154 valence electrons. The maximum absolute atomic E-state index is 14.3. The number of benzene rings is 1. The van der Waals surface area contributed by atoms with Crippen molar-refractivity contribution in [1.29, 1.82) is 0 Å². The van der Waals surface area contributed by atoms with Crippen molar-refractivity contribution in [2.24, 2.45) is 0 Å². The van der Waals surface area contributed by atoms with E-state index in [-0.39, 0.29) is 41.4 Å². The molecule has 2 aromatic rings. The first-order chi connectivity index (χ1) is 13.7. The zero-order chi connectivity index (χ0) is 21.2. The van der Waals surface area contributed by atoms with Gasteiger partial charge in [-0.2, -0.15) is 0 Å². The second kappa shape index (κ2) is 8.30. The van der Waals surface area contributed by atoms with Gasteiger partial charge in [0.25, 0.3) is 5.91 Å². The average molecular weight is 426 g/mol. The predicted molar refractivity (Wildman–Crippen MR) is 99.3 cm³/mol. The second-order valence-corrected chi connectivity index (χ2v) is 6.94. The van der Waals surface area contributed by atoms with Crippen LogP contribution in [0.2, 0.25) is 5.02 Å². The number of fused-ring (bicyclic) bond motifs is 1. The molecule has 2 amide bonds. The van der Waals surface area contributed by atoms with Gasteiger partial charge in [-0.05, 0) is 30.2 Å². The van der Waals surface area contributed by atoms with Gasteiger partial charge in [-0.3, -0.25) is 10.1 Å². The van der Waals surface area contributed by atoms with Gasteiger partial charge in [0.1, 0.15) is 17.7 Å². The summed E-state index contributed by atoms with van der Waals surface area (Å²) in [6, 6.07) is 6.43. The molecule has 7 nitrogen and oxygen atoms in total. The molecule has 3 N–H and O–H groups in total. The molecular formula is C19H18ClF2N3O4. The van der Waals surface area contributed by atoms with Crippen molar-refractivity contribution < 1.29 is 28.2 Å². The maximum Gasteiger partial charge on any atom is 0.409 e. The summed E-state index contributed by atoms with van der Waals surface area (Å²) in [5.74, 6) is -1.12. The minimum Gasteiger partial charge on any atom is -0.453 e. The molecule has 0 bridgehead atoms. The molecular weight excluding hydrogens is 408 g/mol. The number of nitrogens with zero attached hydrogens (tertiary/aromatic N) is 1. The Balaban J connectivity index is 1.83. The summed E-state index contributed by atoms with van der Waals surface area (Å²) < 4.78 is 31.9. The van der Waals surface area contributed by atoms with Crippen LogP contribution in [0.15, 0.2) is 30.3 Å². The number of alkyl carbamates (subject to hydrolysis) is 1. The van der Waals surface area contributed by atoms with E-state index in [9.17, 15) is 23.5 Å². The average Bonchev–Trinajstić information content (AvgIpc) is 2.70. The number of nitrogens with one attached hydrogen (secondary N) is 2. The summed E-state index contributed by atoms with van der Waals surface area (Å²) >= 11 is 5.94. The van der Waals surface area contributed by atoms with Gasteiger partial charge in [0.15, 0.2) is 5.72 Å². The first-order valence-electron chi connectivity index (χ1n) is 8.69. The first-order valence-corrected chi connectivity index (χ1v) is 9.07. The number of methoxy groups -OCH3 is 1. The van der Waals surface area contributed by atoms with Gasteiger partial charge in [-0.25, -0.2) is 18.6 Å². The lowest BCUT2D eigenvalue weighted by molar-refractivity contribution is -0.0272. The second-order valence-electron chi connectivity index (χ2n) is 6.54. The number of hydrogen-bond acceptors (Lipinski definition) is 5. The number of pyridine rings is 1. The summed E-state index contributed by atoms with van der Waals surface area (Å²) in [6.07, 6.45) is -2.49. The van der Waals surface area contributed by atoms with E-state index in [0.717, 1.165) is 13.2 Å². The van der Waals surface area contributed by atoms with Crippen LogP contribution in [0.4, 0.5) is 13.6 Å². The zero-order valence-electron chi connectivity index (χ0n) is 15.3. The van der Waals surface area contributed by atoms with Crippen LogP contribution in [0.3, 0.4) is 0 Å². The van der Waals surface area contributed by atoms with Gasteiger partial charge < -0.3 is 15.2 Å². The molecule has 1 aliphatic rings. The molecule has 2 unspecified atom stereocenters. The molecule has 29 heavy (non-hydrogen) atoms. The lowest BCUT2D eigenvalue weighted by atomic mass is 9.87. The van der Waals surface area contributed by atoms with Crippen molar-refractivity contribution in [2.45, 2.75) is 31.3 Å². The molecule has 0 fully saturated rings. The van der Waals surface area contributed by atoms with E-state index in [0.29, 0.717) is 5.56 Å². The van der Waals surface area contributed by atoms with Crippen LogP contribution in [0.5, 0.6) is 0 Å². The molecule has 0 radical (unpaired) electrons. The number of rotatable bonds is 4. The van der Waals surface area contributed by atoms with Crippen molar-refractivity contribution in [3.05, 3.63) is 63.7 Å². The largest absolute Gasteiger partial charge is 0.453 e. The van der Waals surface area contributed by atoms with Crippen LogP contribution in [0.1, 0.15) is 46.3 Å². The third-order valence-electron chi connectivity index (χ3n) is 4.60. The standard InChI is InChI=1S/C19H18ClF2N3O4/c1-29-18(27)25-19(28)7-6-14(22)12-4-5-15(24-16(12)19)17(26)23-9-10-2-3-11(21)8-13(10)20/h2-5,8,14,28H,6-7,9H2,1H3,(H,23,26)(H,25,27). The van der Waals surface area contributed by atoms with E-state index in [1.807, 2.05) is 0 Å². The topological polar surface area (TPSA) is 101 Å². The number of amides is 2. The molecule has 0 aliphatic heterocycles. The van der Waals surface area contributed by atoms with E-state index in [2.05, 4.69) is 20.4 Å². The summed E-state index contributed by atoms with van der Waals surface area (Å²) in [5, 5.41) is 15.8. The fraction of sp³-hybridized carbons (Fsp3) is 0.316. The number of aliphatic hydroxyl groups is 1. The lowest BCUT2D eigenvalue weighted by Gasteiger charge is -2.34. The Bertz CT molecular complexity index is 959. The Morgan fingerprint density at radius 1 is 1.38 bits per heavy atom. The van der Waals surface area contributed by atoms with Gasteiger partial charge >= 0.3 is 6.09 Å². The highest BCUT2D eigenvalue weighted by atomic mass is 35.5. The van der Waals surface area contributed by atoms with Crippen LogP contribution in [0.25, 0.3) is 0 Å². The molecule has 1 aromatic heterocycles. The Morgan fingerprint density at radius 2 is 2.14 bits per heavy atom. The Hall–Kier alpha value is -2.78. The van der Waals surface area contributed by atoms with Crippen LogP contribution in [-0.4, -0.2) is 29.2 Å². The minimum absolute atomic E-state index is 0.00707. The van der Waals surface area contributed by atoms with E-state index in [4.69, 9.17) is 11.6 Å². The van der Waals surface area contributed by atoms with E-state index in [1.54, 1.807) is 0 Å². The summed E-state index contributed by atoms with van der Waals surface area (Å²) in [4.78, 5) is 28.1. The summed E-state index contributed by atoms with van der Waals surface area (Å²) in [5.41, 5.74) is -1.66. The molecule has 10 heteroatoms. The van der Waals surface area contributed by atoms with Crippen molar-refractivity contribution in [3.63, 3.8) is 0 Å². The number of carbonyl (C=O) groups is 2. The van der Waals surface area contributed by atoms with E-state index in [1.165, 1.54) is 24.3 Å². The van der Waals surface area contributed by atoms with Crippen LogP contribution < -0.4 is 10.6 Å². The number of halogens is 3. The number of carbonyl (C=O) groups excluding carboxylic acids is 2. The number of hydrogen-bond donors (Lipinski definition) is 3. The smallest absolute Gasteiger partial charge is 0.409 e. The SMILES string of the molecule is COC(=O)NC1(O)CCC(F)c2ccc(C(=O)NCc3ccc(F)cc3Cl)nc21. The van der Waals surface area contributed by atoms with Crippen molar-refractivity contribution in [3.8, 4) is 0 Å². The molecule has 1 aromatic carbocycles. The van der Waals surface area contributed by atoms with Gasteiger partial charge in [0.2, 0.25) is 0 Å². The zero-order valence-corrected chi connectivity index (χ0v) is 16.1. The van der Waals surface area contributed by atoms with Crippen molar-refractivity contribution in [1.82, 2.24) is 15.6 Å². The Morgan fingerprint density at radius 3 is 2.83 bits per heavy atom. The number of ether oxygens (including phenoxy) is 1. The molecule has 1 aliphatic carbocycles. The third-order valence-corrected chi connectivity index (χ3v) is 4.95. The molecule has 1 heterocycles. The highest BCUT2D eigenvalue weighted by Crippen LogP contribution is 2.39. The van der Waals surface area contributed by atoms with E-state index < -0.39 is 29.7 Å². The van der Waals surface area contributed by atoms with Crippen molar-refractivity contribution >= 4 is 23.6 Å². The highest BCUT2D eigenvalue weighted by Gasteiger charge is 2.42. The number of alkyl halides is 1. The molecule has 2 atom stereocenters. The summed E-state index contributed by atoms with van der Waals surface area (Å²) in [7, 11) is 1.12. The van der Waals surface area contributed by atoms with Crippen molar-refractivity contribution in [2.75, 3.05) is 7.11 Å². The number of aromatic nitrogens is 1. The quantitative estimate of drug-likeness (QED) is 0.653. The van der Waals surface area contributed by atoms with Gasteiger partial charge in [-0.15, -0.1) is 0 Å². The molecule has 0 spiro atoms. The minimum atomic E-state index is -1.97. The van der Waals surface area contributed by atoms with Gasteiger partial charge in [0.05, 0.1) is 12.8 Å². The van der Waals surface area contributed by atoms with E-state index >= 15 is 0 Å². The maximum atomic E-state index is 14.3. The fourth-order valence-electron chi connectivity index (χ4n) is 3.06. The highest BCUT2D eigenvalue weighted by molar-refractivity contribution is 6.31. The Labute approximate surface area is 170 Å². The molecule has 3 rings (SSSR count). The normalized spacial score (nSPS) is 20.5. The Kier molecular flexibility index (Phi) is 5.99. The monoisotopic (exact) mass is 425 g/mol. The predicted octanol–water partition coefficient (Wildman–Crippen LogP) is 3.11. The van der Waals surface area contributed by atoms with Gasteiger partial charge in [-0.1, -0.05) is 23.7 Å².